The molecule has 8 heteroatoms. The summed E-state index contributed by atoms with van der Waals surface area (Å²) in [5, 5.41) is 5.95. The second kappa shape index (κ2) is 7.66. The topological polar surface area (TPSA) is 88.7 Å². The van der Waals surface area contributed by atoms with E-state index in [-0.39, 0.29) is 12.3 Å². The van der Waals surface area contributed by atoms with Gasteiger partial charge in [0, 0.05) is 11.8 Å². The normalized spacial score (nSPS) is 12.0. The van der Waals surface area contributed by atoms with Crippen molar-refractivity contribution in [1.82, 2.24) is 5.32 Å². The van der Waals surface area contributed by atoms with Crippen LogP contribution in [0.25, 0.3) is 0 Å². The molecule has 0 radical (unpaired) electrons. The van der Waals surface area contributed by atoms with Crippen LogP contribution in [-0.4, -0.2) is 40.8 Å². The van der Waals surface area contributed by atoms with Gasteiger partial charge in [-0.2, -0.15) is 0 Å². The molecule has 0 aliphatic rings. The van der Waals surface area contributed by atoms with Crippen LogP contribution < -0.4 is 20.1 Å². The van der Waals surface area contributed by atoms with Crippen molar-refractivity contribution in [3.8, 4) is 5.75 Å². The van der Waals surface area contributed by atoms with Crippen LogP contribution in [-0.2, 0) is 14.8 Å². The minimum Gasteiger partial charge on any atom is -0.476 e. The van der Waals surface area contributed by atoms with Gasteiger partial charge in [-0.1, -0.05) is 0 Å². The Bertz CT molecular complexity index is 582. The highest BCUT2D eigenvalue weighted by molar-refractivity contribution is 7.92. The summed E-state index contributed by atoms with van der Waals surface area (Å²) in [6.07, 6.45) is 1.10. The molecule has 0 unspecified atom stereocenters. The Kier molecular flexibility index (Phi) is 6.46. The highest BCUT2D eigenvalue weighted by Crippen LogP contribution is 2.29. The summed E-state index contributed by atoms with van der Waals surface area (Å²) in [5.74, 6) is 0.431. The summed E-state index contributed by atoms with van der Waals surface area (Å²) in [5.41, 5.74) is 0.922. The van der Waals surface area contributed by atoms with Gasteiger partial charge in [0.1, 0.15) is 19.2 Å². The lowest BCUT2D eigenvalue weighted by atomic mass is 10.2. The first-order valence-electron chi connectivity index (χ1n) is 6.88. The molecule has 3 N–H and O–H groups in total. The van der Waals surface area contributed by atoms with Crippen molar-refractivity contribution < 1.29 is 17.9 Å². The minimum absolute atomic E-state index is 0.240. The molecule has 0 heterocycles. The number of hydrogen-bond acceptors (Lipinski definition) is 6. The predicted octanol–water partition coefficient (Wildman–Crippen LogP) is 1.80. The summed E-state index contributed by atoms with van der Waals surface area (Å²) in [6, 6.07) is 5.12. The molecule has 22 heavy (non-hydrogen) atoms. The lowest BCUT2D eigenvalue weighted by molar-refractivity contribution is 0.00846. The SMILES string of the molecule is CNCOc1cc(NCOC(C)(C)C)ccc1NS(C)(=O)=O. The van der Waals surface area contributed by atoms with Crippen molar-refractivity contribution >= 4 is 21.4 Å². The molecule has 0 saturated heterocycles. The highest BCUT2D eigenvalue weighted by atomic mass is 32.2. The number of anilines is 2. The van der Waals surface area contributed by atoms with Gasteiger partial charge in [0.05, 0.1) is 17.5 Å². The predicted molar refractivity (Wildman–Crippen MR) is 88.8 cm³/mol. The van der Waals surface area contributed by atoms with Gasteiger partial charge in [-0.25, -0.2) is 8.42 Å². The number of ether oxygens (including phenoxy) is 2. The molecule has 0 aliphatic heterocycles. The molecule has 0 atom stereocenters. The van der Waals surface area contributed by atoms with Crippen molar-refractivity contribution in [3.63, 3.8) is 0 Å². The number of rotatable bonds is 8. The summed E-state index contributed by atoms with van der Waals surface area (Å²) in [4.78, 5) is 0. The minimum atomic E-state index is -3.37. The molecular formula is C14H25N3O4S. The lowest BCUT2D eigenvalue weighted by Gasteiger charge is -2.20. The monoisotopic (exact) mass is 331 g/mol. The maximum Gasteiger partial charge on any atom is 0.229 e. The molecule has 1 aromatic carbocycles. The average Bonchev–Trinajstić information content (AvgIpc) is 2.35. The molecule has 0 aliphatic carbocycles. The van der Waals surface area contributed by atoms with E-state index in [0.29, 0.717) is 18.2 Å². The number of benzene rings is 1. The third kappa shape index (κ3) is 7.48. The van der Waals surface area contributed by atoms with Crippen molar-refractivity contribution in [3.05, 3.63) is 18.2 Å². The van der Waals surface area contributed by atoms with Crippen molar-refractivity contribution in [2.45, 2.75) is 26.4 Å². The van der Waals surface area contributed by atoms with Crippen LogP contribution >= 0.6 is 0 Å². The molecule has 1 rings (SSSR count). The standard InChI is InChI=1S/C14H25N3O4S/c1-14(2,3)21-10-16-11-6-7-12(17-22(5,18)19)13(8-11)20-9-15-4/h6-8,15-17H,9-10H2,1-5H3. The van der Waals surface area contributed by atoms with E-state index in [1.54, 1.807) is 25.2 Å². The van der Waals surface area contributed by atoms with E-state index in [9.17, 15) is 8.42 Å². The molecule has 0 fully saturated rings. The van der Waals surface area contributed by atoms with Crippen LogP contribution in [0.5, 0.6) is 5.75 Å². The van der Waals surface area contributed by atoms with E-state index in [4.69, 9.17) is 9.47 Å². The van der Waals surface area contributed by atoms with E-state index in [1.165, 1.54) is 0 Å². The molecular weight excluding hydrogens is 306 g/mol. The fraction of sp³-hybridized carbons (Fsp3) is 0.571. The van der Waals surface area contributed by atoms with E-state index >= 15 is 0 Å². The Morgan fingerprint density at radius 2 is 1.86 bits per heavy atom. The molecule has 0 bridgehead atoms. The van der Waals surface area contributed by atoms with Gasteiger partial charge in [-0.15, -0.1) is 0 Å². The first-order valence-corrected chi connectivity index (χ1v) is 8.77. The van der Waals surface area contributed by atoms with Crippen molar-refractivity contribution in [2.75, 3.05) is 36.8 Å². The first-order chi connectivity index (χ1) is 10.1. The summed E-state index contributed by atoms with van der Waals surface area (Å²) in [7, 11) is -1.63. The largest absolute Gasteiger partial charge is 0.476 e. The highest BCUT2D eigenvalue weighted by Gasteiger charge is 2.11. The Hall–Kier alpha value is -1.51. The first kappa shape index (κ1) is 18.5. The maximum atomic E-state index is 11.4. The number of sulfonamides is 1. The Morgan fingerprint density at radius 1 is 1.18 bits per heavy atom. The van der Waals surface area contributed by atoms with E-state index in [0.717, 1.165) is 11.9 Å². The third-order valence-electron chi connectivity index (χ3n) is 2.43. The molecule has 1 aromatic rings. The quantitative estimate of drug-likeness (QED) is 0.630. The smallest absolute Gasteiger partial charge is 0.229 e. The van der Waals surface area contributed by atoms with Crippen molar-refractivity contribution in [2.24, 2.45) is 0 Å². The van der Waals surface area contributed by atoms with E-state index in [1.807, 2.05) is 20.8 Å². The summed E-state index contributed by atoms with van der Waals surface area (Å²) in [6.45, 7) is 6.51. The molecule has 7 nitrogen and oxygen atoms in total. The maximum absolute atomic E-state index is 11.4. The second-order valence-electron chi connectivity index (χ2n) is 5.81. The zero-order valence-corrected chi connectivity index (χ0v) is 14.5. The van der Waals surface area contributed by atoms with E-state index < -0.39 is 10.0 Å². The van der Waals surface area contributed by atoms with Gasteiger partial charge in [0.15, 0.2) is 0 Å². The zero-order chi connectivity index (χ0) is 16.8. The Balaban J connectivity index is 2.84. The molecule has 126 valence electrons. The number of hydrogen-bond donors (Lipinski definition) is 3. The fourth-order valence-electron chi connectivity index (χ4n) is 1.52. The molecule has 0 aromatic heterocycles. The van der Waals surface area contributed by atoms with Crippen LogP contribution in [0, 0.1) is 0 Å². The molecule has 0 saturated carbocycles. The second-order valence-corrected chi connectivity index (χ2v) is 7.55. The lowest BCUT2D eigenvalue weighted by Crippen LogP contribution is -2.23. The zero-order valence-electron chi connectivity index (χ0n) is 13.7. The summed E-state index contributed by atoms with van der Waals surface area (Å²) < 4.78 is 36.3. The van der Waals surface area contributed by atoms with Crippen LogP contribution in [0.3, 0.4) is 0 Å². The fourth-order valence-corrected chi connectivity index (χ4v) is 2.09. The third-order valence-corrected chi connectivity index (χ3v) is 3.02. The summed E-state index contributed by atoms with van der Waals surface area (Å²) >= 11 is 0. The van der Waals surface area contributed by atoms with Gasteiger partial charge >= 0.3 is 0 Å². The molecule has 0 spiro atoms. The average molecular weight is 331 g/mol. The van der Waals surface area contributed by atoms with E-state index in [2.05, 4.69) is 15.4 Å². The van der Waals surface area contributed by atoms with Gasteiger partial charge in [0.25, 0.3) is 0 Å². The van der Waals surface area contributed by atoms with Gasteiger partial charge in [0.2, 0.25) is 10.0 Å². The van der Waals surface area contributed by atoms with Crippen LogP contribution in [0.4, 0.5) is 11.4 Å². The van der Waals surface area contributed by atoms with Crippen molar-refractivity contribution in [1.29, 1.82) is 0 Å². The molecule has 0 amide bonds. The Labute approximate surface area is 132 Å². The number of nitrogens with one attached hydrogen (secondary N) is 3. The van der Waals surface area contributed by atoms with Gasteiger partial charge in [-0.05, 0) is 40.0 Å². The van der Waals surface area contributed by atoms with Crippen LogP contribution in [0.15, 0.2) is 18.2 Å². The Morgan fingerprint density at radius 3 is 2.41 bits per heavy atom. The van der Waals surface area contributed by atoms with Crippen LogP contribution in [0.1, 0.15) is 20.8 Å². The van der Waals surface area contributed by atoms with Gasteiger partial charge in [-0.3, -0.25) is 10.0 Å². The van der Waals surface area contributed by atoms with Crippen LogP contribution in [0.2, 0.25) is 0 Å². The van der Waals surface area contributed by atoms with Gasteiger partial charge < -0.3 is 14.8 Å².